The molecular weight excluding hydrogens is 260 g/mol. The molecule has 0 radical (unpaired) electrons. The van der Waals surface area contributed by atoms with Gasteiger partial charge in [0.15, 0.2) is 0 Å². The Labute approximate surface area is 115 Å². The van der Waals surface area contributed by atoms with Crippen LogP contribution in [0.25, 0.3) is 0 Å². The molecule has 2 aromatic rings. The lowest BCUT2D eigenvalue weighted by Gasteiger charge is -2.10. The molecule has 0 amide bonds. The zero-order valence-electron chi connectivity index (χ0n) is 10.9. The second-order valence-corrected chi connectivity index (χ2v) is 3.99. The maximum absolute atomic E-state index is 10.9. The Hall–Kier alpha value is -2.76. The lowest BCUT2D eigenvalue weighted by molar-refractivity contribution is -0.385. The van der Waals surface area contributed by atoms with Gasteiger partial charge in [0, 0.05) is 6.07 Å². The predicted octanol–water partition coefficient (Wildman–Crippen LogP) is 3.37. The van der Waals surface area contributed by atoms with Crippen molar-refractivity contribution in [1.29, 1.82) is 0 Å². The van der Waals surface area contributed by atoms with Gasteiger partial charge in [0.05, 0.1) is 29.4 Å². The Bertz CT molecular complexity index is 628. The van der Waals surface area contributed by atoms with Crippen molar-refractivity contribution in [2.24, 2.45) is 0 Å². The highest BCUT2D eigenvalue weighted by Crippen LogP contribution is 2.32. The first kappa shape index (κ1) is 13.7. The van der Waals surface area contributed by atoms with Crippen LogP contribution in [0, 0.1) is 10.1 Å². The van der Waals surface area contributed by atoms with Crippen LogP contribution in [0.1, 0.15) is 6.92 Å². The van der Waals surface area contributed by atoms with Crippen LogP contribution in [0.5, 0.6) is 17.2 Å². The summed E-state index contributed by atoms with van der Waals surface area (Å²) in [5.41, 5.74) is 6.13. The number of ether oxygens (including phenoxy) is 2. The number of hydrogen-bond acceptors (Lipinski definition) is 5. The second kappa shape index (κ2) is 5.92. The first-order chi connectivity index (χ1) is 9.60. The van der Waals surface area contributed by atoms with E-state index >= 15 is 0 Å². The van der Waals surface area contributed by atoms with Gasteiger partial charge in [-0.15, -0.1) is 0 Å². The summed E-state index contributed by atoms with van der Waals surface area (Å²) in [6.45, 7) is 2.21. The summed E-state index contributed by atoms with van der Waals surface area (Å²) in [7, 11) is 0. The maximum Gasteiger partial charge on any atom is 0.276 e. The predicted molar refractivity (Wildman–Crippen MR) is 75.2 cm³/mol. The van der Waals surface area contributed by atoms with Crippen LogP contribution >= 0.6 is 0 Å². The molecule has 20 heavy (non-hydrogen) atoms. The Kier molecular flexibility index (Phi) is 4.05. The van der Waals surface area contributed by atoms with Gasteiger partial charge in [0.2, 0.25) is 0 Å². The van der Waals surface area contributed by atoms with E-state index in [2.05, 4.69) is 0 Å². The molecule has 2 aromatic carbocycles. The highest BCUT2D eigenvalue weighted by Gasteiger charge is 2.12. The fourth-order valence-corrected chi connectivity index (χ4v) is 1.67. The molecule has 0 heterocycles. The van der Waals surface area contributed by atoms with Gasteiger partial charge in [-0.3, -0.25) is 10.1 Å². The number of nitro benzene ring substituents is 1. The SMILES string of the molecule is CCOc1cc(Oc2ccccc2N)cc([N+](=O)[O-])c1. The highest BCUT2D eigenvalue weighted by atomic mass is 16.6. The smallest absolute Gasteiger partial charge is 0.276 e. The summed E-state index contributed by atoms with van der Waals surface area (Å²) in [4.78, 5) is 10.4. The van der Waals surface area contributed by atoms with Crippen LogP contribution in [-0.4, -0.2) is 11.5 Å². The Morgan fingerprint density at radius 1 is 1.20 bits per heavy atom. The van der Waals surface area contributed by atoms with Crippen molar-refractivity contribution >= 4 is 11.4 Å². The first-order valence-corrected chi connectivity index (χ1v) is 6.04. The molecule has 6 nitrogen and oxygen atoms in total. The third-order valence-electron chi connectivity index (χ3n) is 2.53. The average molecular weight is 274 g/mol. The van der Waals surface area contributed by atoms with Crippen molar-refractivity contribution in [3.8, 4) is 17.2 Å². The first-order valence-electron chi connectivity index (χ1n) is 6.04. The van der Waals surface area contributed by atoms with E-state index < -0.39 is 4.92 Å². The molecule has 2 N–H and O–H groups in total. The molecule has 0 aromatic heterocycles. The van der Waals surface area contributed by atoms with E-state index in [1.807, 2.05) is 0 Å². The van der Waals surface area contributed by atoms with Crippen molar-refractivity contribution < 1.29 is 14.4 Å². The fraction of sp³-hybridized carbons (Fsp3) is 0.143. The number of rotatable bonds is 5. The van der Waals surface area contributed by atoms with E-state index in [0.717, 1.165) is 0 Å². The van der Waals surface area contributed by atoms with Crippen molar-refractivity contribution in [2.75, 3.05) is 12.3 Å². The van der Waals surface area contributed by atoms with Gasteiger partial charge < -0.3 is 15.2 Å². The molecule has 0 aliphatic heterocycles. The van der Waals surface area contributed by atoms with Crippen molar-refractivity contribution in [2.45, 2.75) is 6.92 Å². The van der Waals surface area contributed by atoms with Gasteiger partial charge in [-0.1, -0.05) is 12.1 Å². The molecule has 0 spiro atoms. The van der Waals surface area contributed by atoms with Gasteiger partial charge in [-0.2, -0.15) is 0 Å². The van der Waals surface area contributed by atoms with Crippen molar-refractivity contribution in [1.82, 2.24) is 0 Å². The van der Waals surface area contributed by atoms with Crippen LogP contribution in [-0.2, 0) is 0 Å². The molecular formula is C14H14N2O4. The Morgan fingerprint density at radius 3 is 2.55 bits per heavy atom. The number of nitrogens with two attached hydrogens (primary N) is 1. The van der Waals surface area contributed by atoms with E-state index in [1.54, 1.807) is 37.3 Å². The molecule has 0 unspecified atom stereocenters. The summed E-state index contributed by atoms with van der Waals surface area (Å²) in [5, 5.41) is 10.9. The number of nitro groups is 1. The van der Waals surface area contributed by atoms with E-state index in [4.69, 9.17) is 15.2 Å². The van der Waals surface area contributed by atoms with Crippen LogP contribution in [0.2, 0.25) is 0 Å². The third-order valence-corrected chi connectivity index (χ3v) is 2.53. The van der Waals surface area contributed by atoms with Crippen LogP contribution in [0.4, 0.5) is 11.4 Å². The number of para-hydroxylation sites is 2. The van der Waals surface area contributed by atoms with Crippen LogP contribution in [0.15, 0.2) is 42.5 Å². The molecule has 6 heteroatoms. The largest absolute Gasteiger partial charge is 0.493 e. The number of anilines is 1. The van der Waals surface area contributed by atoms with Crippen molar-refractivity contribution in [3.63, 3.8) is 0 Å². The van der Waals surface area contributed by atoms with Gasteiger partial charge in [0.1, 0.15) is 17.2 Å². The zero-order valence-corrected chi connectivity index (χ0v) is 10.9. The molecule has 0 bridgehead atoms. The fourth-order valence-electron chi connectivity index (χ4n) is 1.67. The lowest BCUT2D eigenvalue weighted by Crippen LogP contribution is -1.96. The molecule has 2 rings (SSSR count). The summed E-state index contributed by atoms with van der Waals surface area (Å²) in [5.74, 6) is 1.13. The van der Waals surface area contributed by atoms with E-state index in [0.29, 0.717) is 29.5 Å². The van der Waals surface area contributed by atoms with Gasteiger partial charge >= 0.3 is 0 Å². The van der Waals surface area contributed by atoms with Gasteiger partial charge in [0.25, 0.3) is 5.69 Å². The summed E-state index contributed by atoms with van der Waals surface area (Å²) < 4.78 is 10.9. The van der Waals surface area contributed by atoms with Gasteiger partial charge in [-0.05, 0) is 19.1 Å². The normalized spacial score (nSPS) is 10.1. The minimum atomic E-state index is -0.496. The lowest BCUT2D eigenvalue weighted by atomic mass is 10.2. The van der Waals surface area contributed by atoms with Crippen LogP contribution in [0.3, 0.4) is 0 Å². The molecule has 0 fully saturated rings. The van der Waals surface area contributed by atoms with Crippen molar-refractivity contribution in [3.05, 3.63) is 52.6 Å². The molecule has 0 aliphatic carbocycles. The number of hydrogen-bond donors (Lipinski definition) is 1. The highest BCUT2D eigenvalue weighted by molar-refractivity contribution is 5.55. The summed E-state index contributed by atoms with van der Waals surface area (Å²) in [6.07, 6.45) is 0. The number of nitrogens with zero attached hydrogens (tertiary/aromatic N) is 1. The summed E-state index contributed by atoms with van der Waals surface area (Å²) in [6, 6.07) is 11.2. The van der Waals surface area contributed by atoms with E-state index in [9.17, 15) is 10.1 Å². The zero-order chi connectivity index (χ0) is 14.5. The average Bonchev–Trinajstić information content (AvgIpc) is 2.41. The second-order valence-electron chi connectivity index (χ2n) is 3.99. The monoisotopic (exact) mass is 274 g/mol. The topological polar surface area (TPSA) is 87.6 Å². The quantitative estimate of drug-likeness (QED) is 0.513. The third kappa shape index (κ3) is 3.17. The van der Waals surface area contributed by atoms with E-state index in [1.165, 1.54) is 12.1 Å². The molecule has 0 atom stereocenters. The maximum atomic E-state index is 10.9. The van der Waals surface area contributed by atoms with E-state index in [-0.39, 0.29) is 5.69 Å². The molecule has 0 aliphatic rings. The Morgan fingerprint density at radius 2 is 1.90 bits per heavy atom. The van der Waals surface area contributed by atoms with Crippen LogP contribution < -0.4 is 15.2 Å². The summed E-state index contributed by atoms with van der Waals surface area (Å²) >= 11 is 0. The molecule has 0 saturated heterocycles. The minimum absolute atomic E-state index is 0.0968. The molecule has 104 valence electrons. The standard InChI is InChI=1S/C14H14N2O4/c1-2-19-11-7-10(16(17)18)8-12(9-11)20-14-6-4-3-5-13(14)15/h3-9H,2,15H2,1H3. The number of non-ortho nitro benzene ring substituents is 1. The minimum Gasteiger partial charge on any atom is -0.493 e. The number of nitrogen functional groups attached to an aromatic ring is 1. The number of benzene rings is 2. The Balaban J connectivity index is 2.35. The van der Waals surface area contributed by atoms with Gasteiger partial charge in [-0.25, -0.2) is 0 Å². The molecule has 0 saturated carbocycles.